The topological polar surface area (TPSA) is 110 Å². The number of ether oxygens (including phenoxy) is 2. The van der Waals surface area contributed by atoms with Gasteiger partial charge in [-0.3, -0.25) is 9.59 Å². The lowest BCUT2D eigenvalue weighted by Crippen LogP contribution is -2.22. The van der Waals surface area contributed by atoms with Crippen LogP contribution in [0, 0.1) is 13.8 Å². The number of likely N-dealkylation sites (N-methyl/N-ethyl adjacent to an activating group) is 3. The molecule has 6 aromatic carbocycles. The van der Waals surface area contributed by atoms with Gasteiger partial charge < -0.3 is 45.4 Å². The monoisotopic (exact) mass is 1170 g/mol. The summed E-state index contributed by atoms with van der Waals surface area (Å²) >= 11 is 16.9. The minimum absolute atomic E-state index is 0.000723. The number of anilines is 4. The predicted molar refractivity (Wildman–Crippen MR) is 297 cm³/mol. The van der Waals surface area contributed by atoms with Crippen LogP contribution in [0.5, 0.6) is 11.5 Å². The van der Waals surface area contributed by atoms with Crippen molar-refractivity contribution in [3.8, 4) is 11.5 Å². The number of carbonyl (C=O) groups is 2. The molecule has 11 nitrogen and oxygen atoms in total. The number of para-hydroxylation sites is 1. The lowest BCUT2D eigenvalue weighted by atomic mass is 10.1. The minimum atomic E-state index is -4.61. The first-order valence-corrected chi connectivity index (χ1v) is 25.3. The number of nitrogens with zero attached hydrogens (tertiary/aromatic N) is 3. The second-order valence-electron chi connectivity index (χ2n) is 18.4. The SMILES string of the molecule is CN(C)CCNc1ccccc1C(=O)Nc1ccc(Cl)c(C(F)(F)F)c1.Cc1cccc(OCCN(C)C)c1C(=O)Nc1ccc(Cl)c(C(F)(F)F)c1.Cc1cccc(OCCN(C)C)c1CNc1ccc(Cl)c(C(F)(F)F)c1. The molecule has 0 saturated heterocycles. The quantitative estimate of drug-likeness (QED) is 0.0590. The summed E-state index contributed by atoms with van der Waals surface area (Å²) in [7, 11) is 11.6. The van der Waals surface area contributed by atoms with E-state index < -0.39 is 57.1 Å². The average Bonchev–Trinajstić information content (AvgIpc) is 3.34. The first kappa shape index (κ1) is 65.1. The summed E-state index contributed by atoms with van der Waals surface area (Å²) in [6.07, 6.45) is -13.7. The van der Waals surface area contributed by atoms with Crippen LogP contribution in [0.3, 0.4) is 0 Å². The maximum atomic E-state index is 13.0. The molecule has 0 atom stereocenters. The number of nitrogens with one attached hydrogen (secondary N) is 4. The van der Waals surface area contributed by atoms with Gasteiger partial charge in [-0.2, -0.15) is 39.5 Å². The molecule has 0 unspecified atom stereocenters. The van der Waals surface area contributed by atoms with Crippen molar-refractivity contribution in [3.05, 3.63) is 175 Å². The van der Waals surface area contributed by atoms with E-state index in [0.29, 0.717) is 61.1 Å². The van der Waals surface area contributed by atoms with Gasteiger partial charge in [0.15, 0.2) is 0 Å². The summed E-state index contributed by atoms with van der Waals surface area (Å²) in [4.78, 5) is 31.1. The van der Waals surface area contributed by atoms with Gasteiger partial charge in [0, 0.05) is 61.0 Å². The number of amides is 2. The van der Waals surface area contributed by atoms with Crippen molar-refractivity contribution in [3.63, 3.8) is 0 Å². The molecule has 4 N–H and O–H groups in total. The van der Waals surface area contributed by atoms with Crippen molar-refractivity contribution in [2.75, 3.05) is 103 Å². The fourth-order valence-corrected chi connectivity index (χ4v) is 7.76. The van der Waals surface area contributed by atoms with Gasteiger partial charge in [0.1, 0.15) is 24.7 Å². The number of halogens is 12. The van der Waals surface area contributed by atoms with Crippen molar-refractivity contribution in [2.24, 2.45) is 0 Å². The first-order chi connectivity index (χ1) is 37.0. The molecule has 0 aromatic heterocycles. The Morgan fingerprint density at radius 1 is 0.494 bits per heavy atom. The molecule has 0 radical (unpaired) electrons. The van der Waals surface area contributed by atoms with Crippen molar-refractivity contribution in [1.29, 1.82) is 0 Å². The fraction of sp³-hybridized carbons (Fsp3) is 0.321. The molecule has 2 amide bonds. The summed E-state index contributed by atoms with van der Waals surface area (Å²) in [5, 5.41) is 10.0. The Morgan fingerprint density at radius 2 is 0.924 bits per heavy atom. The van der Waals surface area contributed by atoms with Crippen LogP contribution in [0.4, 0.5) is 62.3 Å². The van der Waals surface area contributed by atoms with Crippen LogP contribution in [0.1, 0.15) is 54.1 Å². The smallest absolute Gasteiger partial charge is 0.417 e. The molecule has 6 aromatic rings. The Labute approximate surface area is 468 Å². The minimum Gasteiger partial charge on any atom is -0.492 e. The summed E-state index contributed by atoms with van der Waals surface area (Å²) in [5.74, 6) is 0.0421. The third-order valence-electron chi connectivity index (χ3n) is 11.3. The Kier molecular flexibility index (Phi) is 24.5. The molecule has 79 heavy (non-hydrogen) atoms. The second kappa shape index (κ2) is 29.7. The number of aryl methyl sites for hydroxylation is 2. The van der Waals surface area contributed by atoms with Gasteiger partial charge in [0.25, 0.3) is 11.8 Å². The number of carbonyl (C=O) groups excluding carboxylic acids is 2. The van der Waals surface area contributed by atoms with Crippen molar-refractivity contribution in [2.45, 2.75) is 38.9 Å². The van der Waals surface area contributed by atoms with Gasteiger partial charge in [-0.25, -0.2) is 0 Å². The van der Waals surface area contributed by atoms with E-state index in [9.17, 15) is 49.1 Å². The highest BCUT2D eigenvalue weighted by molar-refractivity contribution is 6.32. The van der Waals surface area contributed by atoms with Gasteiger partial charge >= 0.3 is 18.5 Å². The Morgan fingerprint density at radius 3 is 1.42 bits per heavy atom. The molecule has 0 aliphatic rings. The normalized spacial score (nSPS) is 11.6. The summed E-state index contributed by atoms with van der Waals surface area (Å²) in [5.41, 5.74) is 1.32. The zero-order chi connectivity index (χ0) is 58.8. The highest BCUT2D eigenvalue weighted by atomic mass is 35.5. The van der Waals surface area contributed by atoms with Gasteiger partial charge in [-0.1, -0.05) is 71.2 Å². The molecule has 23 heteroatoms. The molecule has 428 valence electrons. The first-order valence-electron chi connectivity index (χ1n) is 24.1. The van der Waals surface area contributed by atoms with E-state index >= 15 is 0 Å². The van der Waals surface area contributed by atoms with Crippen LogP contribution in [0.2, 0.25) is 15.1 Å². The molecule has 0 aliphatic carbocycles. The maximum absolute atomic E-state index is 13.0. The highest BCUT2D eigenvalue weighted by Crippen LogP contribution is 2.39. The van der Waals surface area contributed by atoms with E-state index in [0.717, 1.165) is 60.3 Å². The van der Waals surface area contributed by atoms with Gasteiger partial charge in [-0.15, -0.1) is 0 Å². The zero-order valence-electron chi connectivity index (χ0n) is 44.4. The summed E-state index contributed by atoms with van der Waals surface area (Å²) < 4.78 is 128. The van der Waals surface area contributed by atoms with Gasteiger partial charge in [-0.05, 0) is 146 Å². The van der Waals surface area contributed by atoms with Crippen molar-refractivity contribution in [1.82, 2.24) is 14.7 Å². The zero-order valence-corrected chi connectivity index (χ0v) is 46.7. The Hall–Kier alpha value is -6.42. The van der Waals surface area contributed by atoms with Crippen molar-refractivity contribution < 1.29 is 58.6 Å². The largest absolute Gasteiger partial charge is 0.492 e. The van der Waals surface area contributed by atoms with Gasteiger partial charge in [0.05, 0.1) is 42.9 Å². The number of rotatable bonds is 19. The molecule has 0 bridgehead atoms. The molecule has 0 fully saturated rings. The lowest BCUT2D eigenvalue weighted by molar-refractivity contribution is -0.138. The second-order valence-corrected chi connectivity index (χ2v) is 19.6. The molecular weight excluding hydrogens is 1110 g/mol. The molecule has 6 rings (SSSR count). The van der Waals surface area contributed by atoms with Crippen LogP contribution >= 0.6 is 34.8 Å². The predicted octanol–water partition coefficient (Wildman–Crippen LogP) is 14.7. The summed E-state index contributed by atoms with van der Waals surface area (Å²) in [6.45, 7) is 7.74. The Bertz CT molecular complexity index is 2980. The molecule has 0 spiro atoms. The lowest BCUT2D eigenvalue weighted by Gasteiger charge is -2.17. The molecular formula is C56H61Cl3F9N7O4. The fourth-order valence-electron chi connectivity index (χ4n) is 7.09. The van der Waals surface area contributed by atoms with Crippen LogP contribution < -0.4 is 30.7 Å². The average molecular weight is 1170 g/mol. The third-order valence-corrected chi connectivity index (χ3v) is 12.3. The van der Waals surface area contributed by atoms with E-state index in [2.05, 4.69) is 21.3 Å². The van der Waals surface area contributed by atoms with Crippen LogP contribution in [-0.2, 0) is 25.1 Å². The maximum Gasteiger partial charge on any atom is 0.417 e. The number of hydrogen-bond donors (Lipinski definition) is 4. The molecule has 0 saturated carbocycles. The van der Waals surface area contributed by atoms with E-state index in [-0.39, 0.29) is 22.0 Å². The van der Waals surface area contributed by atoms with Crippen LogP contribution in [0.15, 0.2) is 115 Å². The van der Waals surface area contributed by atoms with Crippen molar-refractivity contribution >= 4 is 69.4 Å². The van der Waals surface area contributed by atoms with Crippen LogP contribution in [-0.4, -0.2) is 108 Å². The van der Waals surface area contributed by atoms with E-state index in [4.69, 9.17) is 44.3 Å². The number of benzene rings is 6. The standard InChI is InChI=1S/C19H20ClF3N2O2.C19H22ClF3N2O.C18H19ClF3N3O/c1-12-5-4-6-16(27-10-9-25(2)3)17(12)18(26)24-13-7-8-15(20)14(11-13)19(21,22)23;1-13-5-4-6-18(26-10-9-25(2)3)15(13)12-24-14-7-8-17(20)16(11-14)19(21,22)23;1-25(2)10-9-23-16-6-4-3-5-13(16)17(26)24-12-7-8-15(19)14(11-12)18(20,21)22/h4-8,11H,9-10H2,1-3H3,(H,24,26);4-8,11,24H,9-10,12H2,1-3H3;3-8,11,23H,9-10H2,1-2H3,(H,24,26). The molecule has 0 aliphatic heterocycles. The Balaban J connectivity index is 0.000000255. The highest BCUT2D eigenvalue weighted by Gasteiger charge is 2.35. The van der Waals surface area contributed by atoms with E-state index in [1.807, 2.05) is 82.1 Å². The molecule has 0 heterocycles. The van der Waals surface area contributed by atoms with E-state index in [1.54, 1.807) is 49.4 Å². The summed E-state index contributed by atoms with van der Waals surface area (Å²) in [6, 6.07) is 28.0. The van der Waals surface area contributed by atoms with Gasteiger partial charge in [0.2, 0.25) is 0 Å². The number of hydrogen-bond acceptors (Lipinski definition) is 9. The number of alkyl halides is 9. The van der Waals surface area contributed by atoms with Crippen LogP contribution in [0.25, 0.3) is 0 Å². The van der Waals surface area contributed by atoms with E-state index in [1.165, 1.54) is 24.3 Å². The third kappa shape index (κ3) is 21.0.